The summed E-state index contributed by atoms with van der Waals surface area (Å²) in [7, 11) is 0. The maximum atomic E-state index is 11.9. The number of furan rings is 1. The third-order valence-electron chi connectivity index (χ3n) is 2.56. The molecule has 1 saturated heterocycles. The zero-order valence-electron chi connectivity index (χ0n) is 8.69. The van der Waals surface area contributed by atoms with Crippen molar-refractivity contribution < 1.29 is 9.21 Å². The lowest BCUT2D eigenvalue weighted by Crippen LogP contribution is -2.45. The number of rotatable bonds is 1. The minimum Gasteiger partial charge on any atom is -0.457 e. The largest absolute Gasteiger partial charge is 0.457 e. The first-order chi connectivity index (χ1) is 7.16. The van der Waals surface area contributed by atoms with Crippen molar-refractivity contribution in [2.45, 2.75) is 18.9 Å². The quantitative estimate of drug-likeness (QED) is 0.863. The lowest BCUT2D eigenvalue weighted by molar-refractivity contribution is 0.0708. The predicted molar refractivity (Wildman–Crippen MR) is 66.8 cm³/mol. The number of carbonyl (C=O) groups is 1. The van der Waals surface area contributed by atoms with E-state index in [2.05, 4.69) is 15.9 Å². The van der Waals surface area contributed by atoms with Crippen molar-refractivity contribution in [3.05, 3.63) is 22.6 Å². The van der Waals surface area contributed by atoms with Crippen LogP contribution in [0.2, 0.25) is 0 Å². The number of hydrogen-bond acceptors (Lipinski definition) is 3. The second-order valence-corrected chi connectivity index (χ2v) is 4.57. The third kappa shape index (κ3) is 2.99. The summed E-state index contributed by atoms with van der Waals surface area (Å²) >= 11 is 3.17. The van der Waals surface area contributed by atoms with Crippen LogP contribution in [-0.2, 0) is 0 Å². The first-order valence-corrected chi connectivity index (χ1v) is 5.75. The van der Waals surface area contributed by atoms with Crippen LogP contribution in [-0.4, -0.2) is 29.9 Å². The Morgan fingerprint density at radius 2 is 2.38 bits per heavy atom. The van der Waals surface area contributed by atoms with Gasteiger partial charge in [0.1, 0.15) is 6.26 Å². The van der Waals surface area contributed by atoms with Gasteiger partial charge in [-0.1, -0.05) is 0 Å². The van der Waals surface area contributed by atoms with Gasteiger partial charge in [0.2, 0.25) is 0 Å². The molecule has 4 nitrogen and oxygen atoms in total. The summed E-state index contributed by atoms with van der Waals surface area (Å²) in [6.07, 6.45) is 3.44. The summed E-state index contributed by atoms with van der Waals surface area (Å²) in [6, 6.07) is 1.79. The molecule has 0 bridgehead atoms. The molecule has 1 aromatic rings. The van der Waals surface area contributed by atoms with E-state index in [0.29, 0.717) is 16.8 Å². The average Bonchev–Trinajstić information content (AvgIpc) is 2.64. The monoisotopic (exact) mass is 308 g/mol. The molecule has 2 heterocycles. The molecule has 0 unspecified atom stereocenters. The molecule has 90 valence electrons. The van der Waals surface area contributed by atoms with Crippen molar-refractivity contribution in [2.75, 3.05) is 13.1 Å². The van der Waals surface area contributed by atoms with Gasteiger partial charge in [-0.05, 0) is 28.8 Å². The Morgan fingerprint density at radius 1 is 1.62 bits per heavy atom. The van der Waals surface area contributed by atoms with Crippen LogP contribution in [0.5, 0.6) is 0 Å². The number of amides is 1. The Labute approximate surface area is 109 Å². The fourth-order valence-corrected chi connectivity index (χ4v) is 2.14. The van der Waals surface area contributed by atoms with E-state index in [-0.39, 0.29) is 24.4 Å². The van der Waals surface area contributed by atoms with Gasteiger partial charge < -0.3 is 15.1 Å². The fraction of sp³-hybridized carbons (Fsp3) is 0.500. The molecule has 0 saturated carbocycles. The third-order valence-corrected chi connectivity index (χ3v) is 2.98. The summed E-state index contributed by atoms with van der Waals surface area (Å²) in [5.74, 6) is -0.000370. The van der Waals surface area contributed by atoms with E-state index in [1.165, 1.54) is 6.26 Å². The first-order valence-electron chi connectivity index (χ1n) is 4.95. The number of nitrogens with two attached hydrogens (primary N) is 1. The van der Waals surface area contributed by atoms with Crippen molar-refractivity contribution in [1.82, 2.24) is 4.90 Å². The standard InChI is InChI=1S/C10H13BrN2O2.ClH/c11-9-4-7(6-15-9)10(14)13-3-1-2-8(12)5-13;/h4,6,8H,1-3,5,12H2;1H/t8-;/m1./s1. The Morgan fingerprint density at radius 3 is 2.94 bits per heavy atom. The highest BCUT2D eigenvalue weighted by Crippen LogP contribution is 2.17. The molecule has 1 amide bonds. The Kier molecular flexibility index (Phi) is 4.83. The van der Waals surface area contributed by atoms with Crippen molar-refractivity contribution in [1.29, 1.82) is 0 Å². The summed E-state index contributed by atoms with van der Waals surface area (Å²) in [6.45, 7) is 1.43. The minimum absolute atomic E-state index is 0. The minimum atomic E-state index is -0.000370. The van der Waals surface area contributed by atoms with E-state index < -0.39 is 0 Å². The molecule has 0 aromatic carbocycles. The van der Waals surface area contributed by atoms with E-state index in [9.17, 15) is 4.79 Å². The lowest BCUT2D eigenvalue weighted by Gasteiger charge is -2.30. The highest BCUT2D eigenvalue weighted by atomic mass is 79.9. The van der Waals surface area contributed by atoms with Crippen LogP contribution in [0.25, 0.3) is 0 Å². The van der Waals surface area contributed by atoms with Crippen LogP contribution in [0.15, 0.2) is 21.4 Å². The lowest BCUT2D eigenvalue weighted by atomic mass is 10.1. The fourth-order valence-electron chi connectivity index (χ4n) is 1.80. The molecule has 1 aliphatic heterocycles. The van der Waals surface area contributed by atoms with E-state index in [1.807, 2.05) is 0 Å². The van der Waals surface area contributed by atoms with Crippen molar-refractivity contribution in [2.24, 2.45) is 5.73 Å². The van der Waals surface area contributed by atoms with Crippen LogP contribution in [0.1, 0.15) is 23.2 Å². The van der Waals surface area contributed by atoms with E-state index in [0.717, 1.165) is 19.4 Å². The highest BCUT2D eigenvalue weighted by Gasteiger charge is 2.23. The van der Waals surface area contributed by atoms with E-state index in [1.54, 1.807) is 11.0 Å². The number of piperidine rings is 1. The molecule has 6 heteroatoms. The number of carbonyl (C=O) groups excluding carboxylic acids is 1. The number of likely N-dealkylation sites (tertiary alicyclic amines) is 1. The number of halogens is 2. The molecule has 2 N–H and O–H groups in total. The maximum absolute atomic E-state index is 11.9. The van der Waals surface area contributed by atoms with Gasteiger partial charge in [-0.15, -0.1) is 12.4 Å². The molecule has 2 rings (SSSR count). The van der Waals surface area contributed by atoms with Crippen LogP contribution in [0, 0.1) is 0 Å². The van der Waals surface area contributed by atoms with Gasteiger partial charge >= 0.3 is 0 Å². The second kappa shape index (κ2) is 5.70. The topological polar surface area (TPSA) is 59.5 Å². The highest BCUT2D eigenvalue weighted by molar-refractivity contribution is 9.10. The molecule has 1 fully saturated rings. The van der Waals surface area contributed by atoms with Crippen LogP contribution in [0.4, 0.5) is 0 Å². The molecule has 1 aromatic heterocycles. The Hall–Kier alpha value is -0.520. The van der Waals surface area contributed by atoms with Gasteiger partial charge in [-0.25, -0.2) is 0 Å². The molecular formula is C10H14BrClN2O2. The van der Waals surface area contributed by atoms with E-state index >= 15 is 0 Å². The first kappa shape index (κ1) is 13.5. The van der Waals surface area contributed by atoms with Gasteiger partial charge in [0.15, 0.2) is 4.67 Å². The van der Waals surface area contributed by atoms with E-state index in [4.69, 9.17) is 10.2 Å². The van der Waals surface area contributed by atoms with Crippen molar-refractivity contribution in [3.63, 3.8) is 0 Å². The van der Waals surface area contributed by atoms with Crippen molar-refractivity contribution in [3.8, 4) is 0 Å². The summed E-state index contributed by atoms with van der Waals surface area (Å²) in [4.78, 5) is 13.7. The number of nitrogens with zero attached hydrogens (tertiary/aromatic N) is 1. The van der Waals surface area contributed by atoms with Gasteiger partial charge in [0, 0.05) is 25.2 Å². The second-order valence-electron chi connectivity index (χ2n) is 3.79. The molecule has 1 aliphatic rings. The molecule has 0 aliphatic carbocycles. The Balaban J connectivity index is 0.00000128. The zero-order valence-corrected chi connectivity index (χ0v) is 11.1. The number of hydrogen-bond donors (Lipinski definition) is 1. The Bertz CT molecular complexity index is 369. The predicted octanol–water partition coefficient (Wildman–Crippen LogP) is 2.03. The van der Waals surface area contributed by atoms with Crippen LogP contribution >= 0.6 is 28.3 Å². The maximum Gasteiger partial charge on any atom is 0.257 e. The SMILES string of the molecule is Cl.N[C@@H]1CCCN(C(=O)c2coc(Br)c2)C1. The summed E-state index contributed by atoms with van der Waals surface area (Å²) in [5, 5.41) is 0. The summed E-state index contributed by atoms with van der Waals surface area (Å²) < 4.78 is 5.62. The van der Waals surface area contributed by atoms with Crippen molar-refractivity contribution >= 4 is 34.2 Å². The average molecular weight is 310 g/mol. The normalized spacial score (nSPS) is 20.4. The molecule has 0 radical (unpaired) electrons. The van der Waals surface area contributed by atoms with Crippen LogP contribution < -0.4 is 5.73 Å². The van der Waals surface area contributed by atoms with Gasteiger partial charge in [0.05, 0.1) is 5.56 Å². The zero-order chi connectivity index (χ0) is 10.8. The van der Waals surface area contributed by atoms with Gasteiger partial charge in [0.25, 0.3) is 5.91 Å². The molecule has 1 atom stereocenters. The smallest absolute Gasteiger partial charge is 0.257 e. The summed E-state index contributed by atoms with van der Waals surface area (Å²) in [5.41, 5.74) is 6.40. The van der Waals surface area contributed by atoms with Gasteiger partial charge in [-0.2, -0.15) is 0 Å². The molecule has 16 heavy (non-hydrogen) atoms. The van der Waals surface area contributed by atoms with Gasteiger partial charge in [-0.3, -0.25) is 4.79 Å². The molecular weight excluding hydrogens is 295 g/mol. The molecule has 0 spiro atoms. The van der Waals surface area contributed by atoms with Crippen LogP contribution in [0.3, 0.4) is 0 Å².